The fraction of sp³-hybridized carbons (Fsp3) is 0.207. The summed E-state index contributed by atoms with van der Waals surface area (Å²) in [4.78, 5) is 19.0. The van der Waals surface area contributed by atoms with E-state index in [0.29, 0.717) is 17.0 Å². The van der Waals surface area contributed by atoms with Gasteiger partial charge in [-0.05, 0) is 65.3 Å². The molecule has 6 heteroatoms. The van der Waals surface area contributed by atoms with Crippen molar-refractivity contribution >= 4 is 28.1 Å². The number of rotatable bonds is 4. The highest BCUT2D eigenvalue weighted by Gasteiger charge is 2.37. The van der Waals surface area contributed by atoms with E-state index in [9.17, 15) is 9.90 Å². The maximum absolute atomic E-state index is 11.7. The first-order valence-corrected chi connectivity index (χ1v) is 12.1. The molecule has 5 aromatic rings. The summed E-state index contributed by atoms with van der Waals surface area (Å²) in [5.74, 6) is -0.0589. The minimum Gasteiger partial charge on any atom is -0.478 e. The van der Waals surface area contributed by atoms with Gasteiger partial charge in [-0.15, -0.1) is 0 Å². The first-order chi connectivity index (χ1) is 17.2. The molecular weight excluding hydrogens is 436 g/mol. The van der Waals surface area contributed by atoms with Crippen molar-refractivity contribution in [2.24, 2.45) is 5.92 Å². The Labute approximate surface area is 202 Å². The van der Waals surface area contributed by atoms with E-state index < -0.39 is 5.97 Å². The molecule has 3 aromatic carbocycles. The molecule has 7 rings (SSSR count). The Hall–Kier alpha value is -4.19. The topological polar surface area (TPSA) is 70.7 Å². The number of carbonyl (C=O) groups is 1. The number of anilines is 1. The van der Waals surface area contributed by atoms with Gasteiger partial charge in [0.25, 0.3) is 0 Å². The summed E-state index contributed by atoms with van der Waals surface area (Å²) >= 11 is 0. The second kappa shape index (κ2) is 7.67. The number of carboxylic acid groups (broad SMARTS) is 1. The highest BCUT2D eigenvalue weighted by atomic mass is 16.4. The van der Waals surface area contributed by atoms with Crippen LogP contribution >= 0.6 is 0 Å². The summed E-state index contributed by atoms with van der Waals surface area (Å²) in [7, 11) is 0. The smallest absolute Gasteiger partial charge is 0.336 e. The molecule has 1 saturated carbocycles. The lowest BCUT2D eigenvalue weighted by Gasteiger charge is -2.29. The standard InChI is InChI=1S/C29H24N4O2/c34-29(35)26-6-2-3-23-24(26)4-1-5-25(23)27-15-31-33-17-20(14-30-28(27)33)19-8-11-21(12-9-19)32-16-18-7-10-22(32)13-18/h1-6,8-9,11-12,14-15,17-18,22H,7,10,13,16H2,(H,34,35)/t18-,22+/m0/s1. The molecule has 0 radical (unpaired) electrons. The second-order valence-electron chi connectivity index (χ2n) is 9.71. The van der Waals surface area contributed by atoms with Gasteiger partial charge in [-0.2, -0.15) is 5.10 Å². The van der Waals surface area contributed by atoms with E-state index in [0.717, 1.165) is 39.2 Å². The largest absolute Gasteiger partial charge is 0.478 e. The quantitative estimate of drug-likeness (QED) is 0.361. The van der Waals surface area contributed by atoms with Crippen molar-refractivity contribution in [1.82, 2.24) is 14.6 Å². The molecule has 6 nitrogen and oxygen atoms in total. The van der Waals surface area contributed by atoms with Crippen molar-refractivity contribution in [1.29, 1.82) is 0 Å². The van der Waals surface area contributed by atoms with Gasteiger partial charge < -0.3 is 10.0 Å². The van der Waals surface area contributed by atoms with E-state index in [1.165, 1.54) is 31.5 Å². The van der Waals surface area contributed by atoms with Gasteiger partial charge in [0.2, 0.25) is 0 Å². The Morgan fingerprint density at radius 1 is 0.886 bits per heavy atom. The zero-order valence-electron chi connectivity index (χ0n) is 19.1. The normalized spacial score (nSPS) is 19.1. The lowest BCUT2D eigenvalue weighted by atomic mass is 9.97. The number of carboxylic acids is 1. The van der Waals surface area contributed by atoms with Crippen LogP contribution in [-0.2, 0) is 0 Å². The van der Waals surface area contributed by atoms with Crippen LogP contribution in [0.3, 0.4) is 0 Å². The molecule has 2 atom stereocenters. The van der Waals surface area contributed by atoms with Crippen molar-refractivity contribution in [3.63, 3.8) is 0 Å². The van der Waals surface area contributed by atoms with Crippen LogP contribution in [0, 0.1) is 5.92 Å². The predicted octanol–water partition coefficient (Wildman–Crippen LogP) is 5.90. The third kappa shape index (κ3) is 3.21. The Morgan fingerprint density at radius 3 is 2.49 bits per heavy atom. The number of benzene rings is 3. The highest BCUT2D eigenvalue weighted by Crippen LogP contribution is 2.40. The maximum Gasteiger partial charge on any atom is 0.336 e. The highest BCUT2D eigenvalue weighted by molar-refractivity contribution is 6.09. The third-order valence-corrected chi connectivity index (χ3v) is 7.74. The van der Waals surface area contributed by atoms with Gasteiger partial charge in [-0.25, -0.2) is 14.3 Å². The molecule has 172 valence electrons. The van der Waals surface area contributed by atoms with Gasteiger partial charge in [0.05, 0.1) is 11.8 Å². The van der Waals surface area contributed by atoms with Crippen molar-refractivity contribution in [3.05, 3.63) is 84.8 Å². The molecule has 2 aliphatic rings. The van der Waals surface area contributed by atoms with Crippen molar-refractivity contribution < 1.29 is 9.90 Å². The van der Waals surface area contributed by atoms with Crippen LogP contribution in [0.25, 0.3) is 38.7 Å². The molecule has 1 N–H and O–H groups in total. The number of piperidine rings is 1. The second-order valence-corrected chi connectivity index (χ2v) is 9.71. The van der Waals surface area contributed by atoms with E-state index in [2.05, 4.69) is 34.3 Å². The zero-order chi connectivity index (χ0) is 23.5. The Balaban J connectivity index is 1.24. The molecular formula is C29H24N4O2. The summed E-state index contributed by atoms with van der Waals surface area (Å²) < 4.78 is 1.80. The van der Waals surface area contributed by atoms with E-state index in [1.807, 2.05) is 36.7 Å². The fourth-order valence-corrected chi connectivity index (χ4v) is 6.03. The predicted molar refractivity (Wildman–Crippen MR) is 137 cm³/mol. The number of aromatic nitrogens is 3. The first-order valence-electron chi connectivity index (χ1n) is 12.1. The number of fused-ring (bicyclic) bond motifs is 4. The third-order valence-electron chi connectivity index (χ3n) is 7.74. The molecule has 2 aromatic heterocycles. The molecule has 2 bridgehead atoms. The van der Waals surface area contributed by atoms with E-state index in [-0.39, 0.29) is 0 Å². The molecule has 3 heterocycles. The minimum absolute atomic E-state index is 0.293. The summed E-state index contributed by atoms with van der Waals surface area (Å²) in [6, 6.07) is 20.6. The van der Waals surface area contributed by atoms with E-state index >= 15 is 0 Å². The van der Waals surface area contributed by atoms with E-state index in [4.69, 9.17) is 4.98 Å². The molecule has 0 amide bonds. The molecule has 2 fully saturated rings. The van der Waals surface area contributed by atoms with Gasteiger partial charge in [-0.3, -0.25) is 0 Å². The first kappa shape index (κ1) is 20.2. The van der Waals surface area contributed by atoms with Gasteiger partial charge in [0.1, 0.15) is 0 Å². The van der Waals surface area contributed by atoms with Gasteiger partial charge >= 0.3 is 5.97 Å². The van der Waals surface area contributed by atoms with Crippen LogP contribution in [0.1, 0.15) is 29.6 Å². The van der Waals surface area contributed by atoms with Crippen LogP contribution in [-0.4, -0.2) is 38.3 Å². The average Bonchev–Trinajstić information content (AvgIpc) is 3.64. The molecule has 0 spiro atoms. The number of hydrogen-bond acceptors (Lipinski definition) is 4. The van der Waals surface area contributed by atoms with Crippen molar-refractivity contribution in [3.8, 4) is 22.3 Å². The number of aromatic carboxylic acids is 1. The van der Waals surface area contributed by atoms with Crippen molar-refractivity contribution in [2.75, 3.05) is 11.4 Å². The molecule has 0 unspecified atom stereocenters. The Kier molecular flexibility index (Phi) is 4.43. The fourth-order valence-electron chi connectivity index (χ4n) is 6.03. The van der Waals surface area contributed by atoms with Gasteiger partial charge in [0.15, 0.2) is 5.65 Å². The average molecular weight is 461 g/mol. The van der Waals surface area contributed by atoms with Gasteiger partial charge in [-0.1, -0.05) is 42.5 Å². The molecule has 1 aliphatic heterocycles. The Morgan fingerprint density at radius 2 is 1.71 bits per heavy atom. The molecule has 1 saturated heterocycles. The van der Waals surface area contributed by atoms with Gasteiger partial charge in [0, 0.05) is 41.8 Å². The maximum atomic E-state index is 11.7. The summed E-state index contributed by atoms with van der Waals surface area (Å²) in [6.45, 7) is 1.19. The molecule has 1 aliphatic carbocycles. The lowest BCUT2D eigenvalue weighted by Crippen LogP contribution is -2.31. The monoisotopic (exact) mass is 460 g/mol. The number of nitrogens with zero attached hydrogens (tertiary/aromatic N) is 4. The van der Waals surface area contributed by atoms with Crippen molar-refractivity contribution in [2.45, 2.75) is 25.3 Å². The summed E-state index contributed by atoms with van der Waals surface area (Å²) in [5, 5.41) is 15.8. The molecule has 35 heavy (non-hydrogen) atoms. The van der Waals surface area contributed by atoms with Crippen LogP contribution in [0.2, 0.25) is 0 Å². The van der Waals surface area contributed by atoms with Crippen LogP contribution in [0.15, 0.2) is 79.3 Å². The minimum atomic E-state index is -0.932. The zero-order valence-corrected chi connectivity index (χ0v) is 19.1. The van der Waals surface area contributed by atoms with Crippen LogP contribution < -0.4 is 4.90 Å². The SMILES string of the molecule is O=C(O)c1cccc2c(-c3cnn4cc(-c5ccc(N6C[C@H]7CC[C@@H]6C7)cc5)cnc34)cccc12. The van der Waals surface area contributed by atoms with Crippen LogP contribution in [0.5, 0.6) is 0 Å². The Bertz CT molecular complexity index is 1600. The van der Waals surface area contributed by atoms with Crippen LogP contribution in [0.4, 0.5) is 5.69 Å². The number of hydrogen-bond donors (Lipinski definition) is 1. The van der Waals surface area contributed by atoms with E-state index in [1.54, 1.807) is 22.8 Å². The lowest BCUT2D eigenvalue weighted by molar-refractivity contribution is 0.0699. The summed E-state index contributed by atoms with van der Waals surface area (Å²) in [5.41, 5.74) is 6.27. The summed E-state index contributed by atoms with van der Waals surface area (Å²) in [6.07, 6.45) is 9.75.